The summed E-state index contributed by atoms with van der Waals surface area (Å²) >= 11 is 2.49. The molecule has 0 aliphatic carbocycles. The zero-order valence-corrected chi connectivity index (χ0v) is 17.9. The number of amides is 3. The standard InChI is InChI=1S/C18H24N4O4S2/c1-5-6-7-19-17(25)22-18-20-11(3)15(28-18)16(24)21-14-10(2)9-27-12(14)8-13(23)26-4/h9H,5-8H2,1-4H3,(H,21,24)(H2,19,20,22,25). The van der Waals surface area contributed by atoms with Crippen molar-refractivity contribution in [3.05, 3.63) is 26.4 Å². The maximum atomic E-state index is 12.7. The third-order valence-corrected chi connectivity index (χ3v) is 6.04. The van der Waals surface area contributed by atoms with Crippen molar-refractivity contribution in [1.29, 1.82) is 0 Å². The molecular weight excluding hydrogens is 400 g/mol. The number of methoxy groups -OCH3 is 1. The topological polar surface area (TPSA) is 109 Å². The lowest BCUT2D eigenvalue weighted by Crippen LogP contribution is -2.29. The van der Waals surface area contributed by atoms with Crippen molar-refractivity contribution in [2.75, 3.05) is 24.3 Å². The zero-order chi connectivity index (χ0) is 20.7. The van der Waals surface area contributed by atoms with Crippen molar-refractivity contribution in [1.82, 2.24) is 10.3 Å². The number of carbonyl (C=O) groups is 3. The molecule has 10 heteroatoms. The molecule has 0 fully saturated rings. The van der Waals surface area contributed by atoms with Crippen LogP contribution in [0.1, 0.15) is 45.6 Å². The van der Waals surface area contributed by atoms with Gasteiger partial charge in [0.15, 0.2) is 5.13 Å². The Bertz CT molecular complexity index is 860. The summed E-state index contributed by atoms with van der Waals surface area (Å²) in [7, 11) is 1.33. The Kier molecular flexibility index (Phi) is 7.94. The molecule has 28 heavy (non-hydrogen) atoms. The minimum atomic E-state index is -0.369. The van der Waals surface area contributed by atoms with Gasteiger partial charge < -0.3 is 15.4 Å². The molecule has 0 aliphatic heterocycles. The van der Waals surface area contributed by atoms with E-state index in [1.165, 1.54) is 18.4 Å². The second-order valence-corrected chi connectivity index (χ2v) is 8.06. The molecule has 0 aromatic carbocycles. The van der Waals surface area contributed by atoms with Gasteiger partial charge in [-0.2, -0.15) is 0 Å². The van der Waals surface area contributed by atoms with Gasteiger partial charge >= 0.3 is 12.0 Å². The van der Waals surface area contributed by atoms with Crippen LogP contribution >= 0.6 is 22.7 Å². The molecule has 0 atom stereocenters. The summed E-state index contributed by atoms with van der Waals surface area (Å²) in [6.07, 6.45) is 1.98. The van der Waals surface area contributed by atoms with E-state index in [0.717, 1.165) is 34.6 Å². The lowest BCUT2D eigenvalue weighted by atomic mass is 10.2. The number of hydrogen-bond donors (Lipinski definition) is 3. The summed E-state index contributed by atoms with van der Waals surface area (Å²) < 4.78 is 4.70. The van der Waals surface area contributed by atoms with Crippen LogP contribution in [0.2, 0.25) is 0 Å². The highest BCUT2D eigenvalue weighted by Crippen LogP contribution is 2.30. The molecule has 0 aliphatic rings. The summed E-state index contributed by atoms with van der Waals surface area (Å²) in [6, 6.07) is -0.344. The molecule has 2 aromatic rings. The lowest BCUT2D eigenvalue weighted by Gasteiger charge is -2.07. The molecular formula is C18H24N4O4S2. The number of esters is 1. The predicted octanol–water partition coefficient (Wildman–Crippen LogP) is 3.71. The van der Waals surface area contributed by atoms with Gasteiger partial charge in [0.1, 0.15) is 4.88 Å². The Labute approximate surface area is 171 Å². The fraction of sp³-hybridized carbons (Fsp3) is 0.444. The number of ether oxygens (including phenoxy) is 1. The normalized spacial score (nSPS) is 10.4. The molecule has 0 unspecified atom stereocenters. The van der Waals surface area contributed by atoms with Gasteiger partial charge in [-0.1, -0.05) is 24.7 Å². The van der Waals surface area contributed by atoms with Crippen LogP contribution in [0.3, 0.4) is 0 Å². The summed E-state index contributed by atoms with van der Waals surface area (Å²) in [4.78, 5) is 41.5. The van der Waals surface area contributed by atoms with E-state index in [2.05, 4.69) is 20.9 Å². The average Bonchev–Trinajstić information content (AvgIpc) is 3.18. The summed E-state index contributed by atoms with van der Waals surface area (Å²) in [6.45, 7) is 6.20. The number of unbranched alkanes of at least 4 members (excludes halogenated alkanes) is 1. The van der Waals surface area contributed by atoms with Crippen LogP contribution in [0.15, 0.2) is 5.38 Å². The third kappa shape index (κ3) is 5.77. The van der Waals surface area contributed by atoms with Gasteiger partial charge in [-0.25, -0.2) is 9.78 Å². The number of carbonyl (C=O) groups excluding carboxylic acids is 3. The van der Waals surface area contributed by atoms with Crippen LogP contribution in [-0.2, 0) is 16.0 Å². The van der Waals surface area contributed by atoms with E-state index in [-0.39, 0.29) is 24.3 Å². The van der Waals surface area contributed by atoms with Crippen LogP contribution in [0, 0.1) is 13.8 Å². The molecule has 0 radical (unpaired) electrons. The van der Waals surface area contributed by atoms with E-state index < -0.39 is 0 Å². The Morgan fingerprint density at radius 1 is 1.21 bits per heavy atom. The fourth-order valence-electron chi connectivity index (χ4n) is 2.35. The van der Waals surface area contributed by atoms with Crippen molar-refractivity contribution >= 4 is 51.4 Å². The van der Waals surface area contributed by atoms with Crippen LogP contribution in [0.25, 0.3) is 0 Å². The highest BCUT2D eigenvalue weighted by molar-refractivity contribution is 7.18. The van der Waals surface area contributed by atoms with Gasteiger partial charge in [-0.3, -0.25) is 14.9 Å². The van der Waals surface area contributed by atoms with Crippen LogP contribution in [0.4, 0.5) is 15.6 Å². The molecule has 3 N–H and O–H groups in total. The number of aryl methyl sites for hydroxylation is 2. The first-order valence-corrected chi connectivity index (χ1v) is 10.5. The monoisotopic (exact) mass is 424 g/mol. The number of hydrogen-bond acceptors (Lipinski definition) is 7. The average molecular weight is 425 g/mol. The Morgan fingerprint density at radius 3 is 2.64 bits per heavy atom. The second kappa shape index (κ2) is 10.2. The van der Waals surface area contributed by atoms with Gasteiger partial charge in [-0.05, 0) is 31.2 Å². The summed E-state index contributed by atoms with van der Waals surface area (Å²) in [5.74, 6) is -0.700. The SMILES string of the molecule is CCCCNC(=O)Nc1nc(C)c(C(=O)Nc2c(C)csc2CC(=O)OC)s1. The zero-order valence-electron chi connectivity index (χ0n) is 16.3. The second-order valence-electron chi connectivity index (χ2n) is 6.09. The first-order chi connectivity index (χ1) is 13.3. The minimum absolute atomic E-state index is 0.0943. The number of rotatable bonds is 8. The lowest BCUT2D eigenvalue weighted by molar-refractivity contribution is -0.139. The minimum Gasteiger partial charge on any atom is -0.469 e. The molecule has 3 amide bonds. The van der Waals surface area contributed by atoms with Crippen LogP contribution < -0.4 is 16.0 Å². The van der Waals surface area contributed by atoms with E-state index >= 15 is 0 Å². The molecule has 2 rings (SSSR count). The van der Waals surface area contributed by atoms with Gasteiger partial charge in [0.05, 0.1) is 24.9 Å². The number of nitrogens with zero attached hydrogens (tertiary/aromatic N) is 1. The molecule has 0 saturated carbocycles. The Hall–Kier alpha value is -2.46. The number of thiazole rings is 1. The van der Waals surface area contributed by atoms with Crippen LogP contribution in [-0.4, -0.2) is 36.5 Å². The van der Waals surface area contributed by atoms with Gasteiger partial charge in [0, 0.05) is 11.4 Å². The molecule has 0 saturated heterocycles. The van der Waals surface area contributed by atoms with Crippen molar-refractivity contribution in [2.24, 2.45) is 0 Å². The third-order valence-electron chi connectivity index (χ3n) is 3.86. The number of anilines is 2. The maximum absolute atomic E-state index is 12.7. The molecule has 0 spiro atoms. The van der Waals surface area contributed by atoms with Crippen molar-refractivity contribution in [2.45, 2.75) is 40.0 Å². The summed E-state index contributed by atoms with van der Waals surface area (Å²) in [5, 5.41) is 10.5. The van der Waals surface area contributed by atoms with E-state index in [1.807, 2.05) is 19.2 Å². The van der Waals surface area contributed by atoms with Crippen LogP contribution in [0.5, 0.6) is 0 Å². The fourth-order valence-corrected chi connectivity index (χ4v) is 4.17. The predicted molar refractivity (Wildman–Crippen MR) is 112 cm³/mol. The first-order valence-electron chi connectivity index (χ1n) is 8.83. The largest absolute Gasteiger partial charge is 0.469 e. The van der Waals surface area contributed by atoms with Crippen molar-refractivity contribution in [3.8, 4) is 0 Å². The van der Waals surface area contributed by atoms with Gasteiger partial charge in [0.25, 0.3) is 5.91 Å². The number of thiophene rings is 1. The molecule has 152 valence electrons. The molecule has 8 nitrogen and oxygen atoms in total. The van der Waals surface area contributed by atoms with E-state index in [0.29, 0.717) is 27.9 Å². The highest BCUT2D eigenvalue weighted by Gasteiger charge is 2.20. The number of aromatic nitrogens is 1. The molecule has 2 aromatic heterocycles. The smallest absolute Gasteiger partial charge is 0.321 e. The molecule has 2 heterocycles. The Balaban J connectivity index is 2.07. The molecule has 0 bridgehead atoms. The van der Waals surface area contributed by atoms with Gasteiger partial charge in [-0.15, -0.1) is 11.3 Å². The summed E-state index contributed by atoms with van der Waals surface area (Å²) in [5.41, 5.74) is 2.00. The van der Waals surface area contributed by atoms with Crippen molar-refractivity contribution in [3.63, 3.8) is 0 Å². The van der Waals surface area contributed by atoms with E-state index in [9.17, 15) is 14.4 Å². The van der Waals surface area contributed by atoms with E-state index in [4.69, 9.17) is 4.74 Å². The van der Waals surface area contributed by atoms with Crippen molar-refractivity contribution < 1.29 is 19.1 Å². The Morgan fingerprint density at radius 2 is 1.96 bits per heavy atom. The van der Waals surface area contributed by atoms with Gasteiger partial charge in [0.2, 0.25) is 0 Å². The number of urea groups is 1. The number of nitrogens with one attached hydrogen (secondary N) is 3. The maximum Gasteiger partial charge on any atom is 0.321 e. The first kappa shape index (κ1) is 21.8. The quantitative estimate of drug-likeness (QED) is 0.442. The van der Waals surface area contributed by atoms with E-state index in [1.54, 1.807) is 6.92 Å². The highest BCUT2D eigenvalue weighted by atomic mass is 32.1.